The summed E-state index contributed by atoms with van der Waals surface area (Å²) in [5.74, 6) is 0. The summed E-state index contributed by atoms with van der Waals surface area (Å²) in [6.45, 7) is 2.11. The lowest BCUT2D eigenvalue weighted by atomic mass is 10.1. The highest BCUT2D eigenvalue weighted by atomic mass is 16.1. The highest BCUT2D eigenvalue weighted by molar-refractivity contribution is 5.61. The van der Waals surface area contributed by atoms with Crippen LogP contribution in [0.4, 0.5) is 0 Å². The van der Waals surface area contributed by atoms with Gasteiger partial charge in [-0.3, -0.25) is 4.90 Å². The molecule has 0 amide bonds. The predicted octanol–water partition coefficient (Wildman–Crippen LogP) is 2.02. The van der Waals surface area contributed by atoms with Crippen molar-refractivity contribution in [2.45, 2.75) is 18.9 Å². The van der Waals surface area contributed by atoms with Gasteiger partial charge in [0.05, 0.1) is 6.04 Å². The molecule has 1 aromatic rings. The molecule has 2 rings (SSSR count). The number of rotatable bonds is 3. The van der Waals surface area contributed by atoms with Crippen LogP contribution in [0.5, 0.6) is 0 Å². The summed E-state index contributed by atoms with van der Waals surface area (Å²) in [5.41, 5.74) is 1.12. The van der Waals surface area contributed by atoms with Gasteiger partial charge in [-0.25, -0.2) is 0 Å². The molecule has 1 aromatic carbocycles. The Balaban J connectivity index is 2.16. The van der Waals surface area contributed by atoms with Crippen molar-refractivity contribution >= 4 is 6.29 Å². The van der Waals surface area contributed by atoms with Gasteiger partial charge in [-0.1, -0.05) is 30.3 Å². The summed E-state index contributed by atoms with van der Waals surface area (Å²) in [7, 11) is 0. The van der Waals surface area contributed by atoms with Crippen molar-refractivity contribution in [2.75, 3.05) is 13.1 Å². The van der Waals surface area contributed by atoms with Gasteiger partial charge in [0.15, 0.2) is 0 Å². The van der Waals surface area contributed by atoms with Crippen LogP contribution in [0.2, 0.25) is 0 Å². The van der Waals surface area contributed by atoms with Crippen LogP contribution in [-0.4, -0.2) is 24.3 Å². The number of hydrogen-bond donors (Lipinski definition) is 0. The maximum absolute atomic E-state index is 11.1. The lowest BCUT2D eigenvalue weighted by Gasteiger charge is -2.22. The Labute approximate surface area is 84.5 Å². The van der Waals surface area contributed by atoms with Crippen molar-refractivity contribution in [3.63, 3.8) is 0 Å². The molecule has 1 atom stereocenters. The average molecular weight is 189 g/mol. The maximum Gasteiger partial charge on any atom is 0.141 e. The molecule has 1 aliphatic heterocycles. The Morgan fingerprint density at radius 1 is 1.14 bits per heavy atom. The zero-order valence-electron chi connectivity index (χ0n) is 8.23. The van der Waals surface area contributed by atoms with Crippen LogP contribution in [0.15, 0.2) is 30.3 Å². The van der Waals surface area contributed by atoms with Crippen LogP contribution in [0.25, 0.3) is 0 Å². The standard InChI is InChI=1S/C12H15NO/c14-10-12(13-8-4-5-9-13)11-6-2-1-3-7-11/h1-3,6-7,10,12H,4-5,8-9H2/t12-/m0/s1. The van der Waals surface area contributed by atoms with Crippen molar-refractivity contribution in [2.24, 2.45) is 0 Å². The molecule has 0 spiro atoms. The van der Waals surface area contributed by atoms with Gasteiger partial charge in [0, 0.05) is 0 Å². The Bertz CT molecular complexity index is 290. The molecule has 2 heteroatoms. The lowest BCUT2D eigenvalue weighted by molar-refractivity contribution is -0.112. The molecule has 0 aromatic heterocycles. The molecule has 0 unspecified atom stereocenters. The fourth-order valence-corrected chi connectivity index (χ4v) is 2.05. The van der Waals surface area contributed by atoms with Gasteiger partial charge < -0.3 is 4.79 Å². The predicted molar refractivity (Wildman–Crippen MR) is 56.1 cm³/mol. The van der Waals surface area contributed by atoms with E-state index < -0.39 is 0 Å². The van der Waals surface area contributed by atoms with E-state index in [0.717, 1.165) is 24.9 Å². The van der Waals surface area contributed by atoms with Crippen LogP contribution in [0.3, 0.4) is 0 Å². The Kier molecular flexibility index (Phi) is 2.94. The third-order valence-corrected chi connectivity index (χ3v) is 2.80. The van der Waals surface area contributed by atoms with Crippen LogP contribution in [0.1, 0.15) is 24.4 Å². The molecule has 1 saturated heterocycles. The molecule has 2 nitrogen and oxygen atoms in total. The van der Waals surface area contributed by atoms with Crippen molar-refractivity contribution in [1.82, 2.24) is 4.90 Å². The van der Waals surface area contributed by atoms with Gasteiger partial charge in [-0.05, 0) is 31.5 Å². The number of carbonyl (C=O) groups is 1. The second-order valence-electron chi connectivity index (χ2n) is 3.73. The van der Waals surface area contributed by atoms with Crippen molar-refractivity contribution in [1.29, 1.82) is 0 Å². The Morgan fingerprint density at radius 3 is 2.36 bits per heavy atom. The second kappa shape index (κ2) is 4.38. The third-order valence-electron chi connectivity index (χ3n) is 2.80. The SMILES string of the molecule is O=C[C@@H](c1ccccc1)N1CCCC1. The molecule has 0 saturated carbocycles. The Hall–Kier alpha value is -1.15. The van der Waals surface area contributed by atoms with Gasteiger partial charge in [-0.15, -0.1) is 0 Å². The summed E-state index contributed by atoms with van der Waals surface area (Å²) >= 11 is 0. The van der Waals surface area contributed by atoms with Crippen LogP contribution in [-0.2, 0) is 4.79 Å². The second-order valence-corrected chi connectivity index (χ2v) is 3.73. The first-order valence-corrected chi connectivity index (χ1v) is 5.16. The fourth-order valence-electron chi connectivity index (χ4n) is 2.05. The van der Waals surface area contributed by atoms with Crippen molar-refractivity contribution in [3.8, 4) is 0 Å². The highest BCUT2D eigenvalue weighted by Gasteiger charge is 2.22. The zero-order valence-corrected chi connectivity index (χ0v) is 8.23. The highest BCUT2D eigenvalue weighted by Crippen LogP contribution is 2.22. The van der Waals surface area contributed by atoms with Gasteiger partial charge in [0.1, 0.15) is 6.29 Å². The molecule has 0 N–H and O–H groups in total. The van der Waals surface area contributed by atoms with Crippen molar-refractivity contribution < 1.29 is 4.79 Å². The van der Waals surface area contributed by atoms with Crippen molar-refractivity contribution in [3.05, 3.63) is 35.9 Å². The van der Waals surface area contributed by atoms with Crippen LogP contribution >= 0.6 is 0 Å². The average Bonchev–Trinajstić information content (AvgIpc) is 2.74. The molecule has 0 aliphatic carbocycles. The quantitative estimate of drug-likeness (QED) is 0.678. The molecule has 14 heavy (non-hydrogen) atoms. The number of likely N-dealkylation sites (tertiary alicyclic amines) is 1. The summed E-state index contributed by atoms with van der Waals surface area (Å²) < 4.78 is 0. The summed E-state index contributed by atoms with van der Waals surface area (Å²) in [4.78, 5) is 13.3. The molecule has 0 radical (unpaired) electrons. The summed E-state index contributed by atoms with van der Waals surface area (Å²) in [6, 6.07) is 9.98. The smallest absolute Gasteiger partial charge is 0.141 e. The molecule has 1 heterocycles. The van der Waals surface area contributed by atoms with E-state index >= 15 is 0 Å². The molecule has 0 bridgehead atoms. The minimum Gasteiger partial charge on any atom is -0.301 e. The largest absolute Gasteiger partial charge is 0.301 e. The monoisotopic (exact) mass is 189 g/mol. The fraction of sp³-hybridized carbons (Fsp3) is 0.417. The van der Waals surface area contributed by atoms with E-state index in [1.54, 1.807) is 0 Å². The maximum atomic E-state index is 11.1. The van der Waals surface area contributed by atoms with Gasteiger partial charge in [0.25, 0.3) is 0 Å². The van der Waals surface area contributed by atoms with Gasteiger partial charge >= 0.3 is 0 Å². The normalized spacial score (nSPS) is 19.4. The first-order chi connectivity index (χ1) is 6.92. The van der Waals surface area contributed by atoms with E-state index in [9.17, 15) is 4.79 Å². The minimum absolute atomic E-state index is 0.0290. The first-order valence-electron chi connectivity index (χ1n) is 5.16. The minimum atomic E-state index is -0.0290. The summed E-state index contributed by atoms with van der Waals surface area (Å²) in [6.07, 6.45) is 3.50. The Morgan fingerprint density at radius 2 is 1.79 bits per heavy atom. The van der Waals surface area contributed by atoms with E-state index in [-0.39, 0.29) is 6.04 Å². The van der Waals surface area contributed by atoms with Gasteiger partial charge in [0.2, 0.25) is 0 Å². The molecule has 74 valence electrons. The van der Waals surface area contributed by atoms with E-state index in [1.807, 2.05) is 30.3 Å². The molecule has 1 aliphatic rings. The van der Waals surface area contributed by atoms with Crippen LogP contribution in [0, 0.1) is 0 Å². The zero-order chi connectivity index (χ0) is 9.80. The third kappa shape index (κ3) is 1.85. The number of nitrogens with zero attached hydrogens (tertiary/aromatic N) is 1. The number of aldehydes is 1. The van der Waals surface area contributed by atoms with E-state index in [2.05, 4.69) is 4.90 Å². The lowest BCUT2D eigenvalue weighted by Crippen LogP contribution is -2.26. The number of carbonyl (C=O) groups excluding carboxylic acids is 1. The van der Waals surface area contributed by atoms with E-state index in [4.69, 9.17) is 0 Å². The molecular weight excluding hydrogens is 174 g/mol. The van der Waals surface area contributed by atoms with Crippen LogP contribution < -0.4 is 0 Å². The number of benzene rings is 1. The molecule has 1 fully saturated rings. The first kappa shape index (κ1) is 9.41. The number of hydrogen-bond acceptors (Lipinski definition) is 2. The topological polar surface area (TPSA) is 20.3 Å². The summed E-state index contributed by atoms with van der Waals surface area (Å²) in [5, 5.41) is 0. The molecular formula is C12H15NO. The van der Waals surface area contributed by atoms with E-state index in [1.165, 1.54) is 12.8 Å². The van der Waals surface area contributed by atoms with Gasteiger partial charge in [-0.2, -0.15) is 0 Å². The van der Waals surface area contributed by atoms with E-state index in [0.29, 0.717) is 0 Å².